The number of nitrogen functional groups attached to an aromatic ring is 1. The predicted octanol–water partition coefficient (Wildman–Crippen LogP) is 4.94. The molecule has 6 nitrogen and oxygen atoms in total. The third kappa shape index (κ3) is 3.94. The van der Waals surface area contributed by atoms with Crippen LogP contribution in [0.5, 0.6) is 0 Å². The molecule has 1 aliphatic rings. The van der Waals surface area contributed by atoms with E-state index < -0.39 is 0 Å². The van der Waals surface area contributed by atoms with Crippen molar-refractivity contribution in [3.8, 4) is 0 Å². The summed E-state index contributed by atoms with van der Waals surface area (Å²) in [5.41, 5.74) is 9.19. The minimum absolute atomic E-state index is 0.562. The van der Waals surface area contributed by atoms with Gasteiger partial charge in [0.25, 0.3) is 0 Å². The number of nitrogens with zero attached hydrogens (tertiary/aromatic N) is 4. The first-order valence-corrected chi connectivity index (χ1v) is 10.7. The molecule has 0 atom stereocenters. The predicted molar refractivity (Wildman–Crippen MR) is 130 cm³/mol. The summed E-state index contributed by atoms with van der Waals surface area (Å²) in [6.07, 6.45) is 1.57. The van der Waals surface area contributed by atoms with Crippen LogP contribution in [0.2, 0.25) is 5.02 Å². The first kappa shape index (κ1) is 19.5. The van der Waals surface area contributed by atoms with E-state index in [2.05, 4.69) is 49.4 Å². The molecule has 3 aromatic carbocycles. The monoisotopic (exact) mass is 430 g/mol. The summed E-state index contributed by atoms with van der Waals surface area (Å²) in [6.45, 7) is 3.38. The van der Waals surface area contributed by atoms with Gasteiger partial charge in [-0.15, -0.1) is 0 Å². The minimum Gasteiger partial charge on any atom is -0.393 e. The lowest BCUT2D eigenvalue weighted by molar-refractivity contribution is 0.647. The van der Waals surface area contributed by atoms with E-state index in [9.17, 15) is 0 Å². The SMILES string of the molecule is Nc1c(Nc2cccc3ccccc23)ncnc1N1CCN(c2cccc(Cl)c2)CC1. The Bertz CT molecular complexity index is 1210. The maximum atomic E-state index is 6.51. The Labute approximate surface area is 186 Å². The highest BCUT2D eigenvalue weighted by Crippen LogP contribution is 2.32. The van der Waals surface area contributed by atoms with E-state index in [-0.39, 0.29) is 0 Å². The number of hydrogen-bond donors (Lipinski definition) is 2. The number of anilines is 5. The van der Waals surface area contributed by atoms with E-state index in [1.54, 1.807) is 6.33 Å². The number of nitrogens with one attached hydrogen (secondary N) is 1. The molecule has 1 aliphatic heterocycles. The molecule has 0 unspecified atom stereocenters. The number of benzene rings is 3. The fraction of sp³-hybridized carbons (Fsp3) is 0.167. The second kappa shape index (κ2) is 8.32. The van der Waals surface area contributed by atoms with E-state index in [4.69, 9.17) is 17.3 Å². The molecule has 0 aliphatic carbocycles. The summed E-state index contributed by atoms with van der Waals surface area (Å²) in [5, 5.41) is 6.45. The molecule has 1 saturated heterocycles. The van der Waals surface area contributed by atoms with Crippen molar-refractivity contribution in [2.75, 3.05) is 47.0 Å². The van der Waals surface area contributed by atoms with Gasteiger partial charge in [0.1, 0.15) is 12.0 Å². The molecule has 5 rings (SSSR count). The molecule has 1 aromatic heterocycles. The zero-order chi connectivity index (χ0) is 21.2. The van der Waals surface area contributed by atoms with Crippen LogP contribution in [-0.4, -0.2) is 36.1 Å². The minimum atomic E-state index is 0.562. The average Bonchev–Trinajstić information content (AvgIpc) is 2.81. The molecule has 2 heterocycles. The van der Waals surface area contributed by atoms with Crippen molar-refractivity contribution in [2.24, 2.45) is 0 Å². The highest BCUT2D eigenvalue weighted by molar-refractivity contribution is 6.30. The molecule has 0 radical (unpaired) electrons. The lowest BCUT2D eigenvalue weighted by Gasteiger charge is -2.37. The molecule has 0 amide bonds. The van der Waals surface area contributed by atoms with Gasteiger partial charge in [0, 0.05) is 48.0 Å². The van der Waals surface area contributed by atoms with Gasteiger partial charge in [0.2, 0.25) is 0 Å². The van der Waals surface area contributed by atoms with Crippen LogP contribution in [0.1, 0.15) is 0 Å². The summed E-state index contributed by atoms with van der Waals surface area (Å²) in [7, 11) is 0. The zero-order valence-corrected chi connectivity index (χ0v) is 17.8. The van der Waals surface area contributed by atoms with Gasteiger partial charge in [-0.2, -0.15) is 0 Å². The third-order valence-electron chi connectivity index (χ3n) is 5.66. The van der Waals surface area contributed by atoms with Crippen LogP contribution in [0.3, 0.4) is 0 Å². The molecule has 0 spiro atoms. The quantitative estimate of drug-likeness (QED) is 0.478. The topological polar surface area (TPSA) is 70.3 Å². The Balaban J connectivity index is 1.35. The smallest absolute Gasteiger partial charge is 0.159 e. The summed E-state index contributed by atoms with van der Waals surface area (Å²) < 4.78 is 0. The number of piperazine rings is 1. The van der Waals surface area contributed by atoms with Crippen LogP contribution < -0.4 is 20.9 Å². The van der Waals surface area contributed by atoms with Crippen molar-refractivity contribution in [1.82, 2.24) is 9.97 Å². The van der Waals surface area contributed by atoms with Crippen molar-refractivity contribution in [3.05, 3.63) is 78.1 Å². The van der Waals surface area contributed by atoms with Crippen molar-refractivity contribution in [2.45, 2.75) is 0 Å². The molecular formula is C24H23ClN6. The summed E-state index contributed by atoms with van der Waals surface area (Å²) in [6, 6.07) is 22.4. The Morgan fingerprint density at radius 3 is 2.42 bits per heavy atom. The van der Waals surface area contributed by atoms with Crippen LogP contribution in [0.15, 0.2) is 73.1 Å². The lowest BCUT2D eigenvalue weighted by Crippen LogP contribution is -2.47. The molecule has 1 fully saturated rings. The summed E-state index contributed by atoms with van der Waals surface area (Å²) >= 11 is 6.15. The van der Waals surface area contributed by atoms with Crippen molar-refractivity contribution in [3.63, 3.8) is 0 Å². The maximum Gasteiger partial charge on any atom is 0.159 e. The van der Waals surface area contributed by atoms with E-state index in [1.807, 2.05) is 42.5 Å². The van der Waals surface area contributed by atoms with Crippen molar-refractivity contribution in [1.29, 1.82) is 0 Å². The standard InChI is InChI=1S/C24H23ClN6/c25-18-7-4-8-19(15-18)30-11-13-31(14-12-30)24-22(26)23(27-16-28-24)29-21-10-3-6-17-5-1-2-9-20(17)21/h1-10,15-16H,11-14,26H2,(H,27,28,29). The first-order chi connectivity index (χ1) is 15.2. The van der Waals surface area contributed by atoms with Gasteiger partial charge in [-0.05, 0) is 29.7 Å². The molecule has 3 N–H and O–H groups in total. The third-order valence-corrected chi connectivity index (χ3v) is 5.89. The van der Waals surface area contributed by atoms with Gasteiger partial charge in [-0.3, -0.25) is 0 Å². The van der Waals surface area contributed by atoms with E-state index in [0.717, 1.165) is 59.2 Å². The van der Waals surface area contributed by atoms with Crippen LogP contribution in [0, 0.1) is 0 Å². The number of nitrogens with two attached hydrogens (primary N) is 1. The van der Waals surface area contributed by atoms with Gasteiger partial charge in [0.05, 0.1) is 0 Å². The second-order valence-corrected chi connectivity index (χ2v) is 8.00. The summed E-state index contributed by atoms with van der Waals surface area (Å²) in [5.74, 6) is 1.39. The van der Waals surface area contributed by atoms with Crippen LogP contribution in [0.25, 0.3) is 10.8 Å². The van der Waals surface area contributed by atoms with Gasteiger partial charge < -0.3 is 20.9 Å². The maximum absolute atomic E-state index is 6.51. The number of halogens is 1. The average molecular weight is 431 g/mol. The first-order valence-electron chi connectivity index (χ1n) is 10.3. The largest absolute Gasteiger partial charge is 0.393 e. The molecule has 7 heteroatoms. The molecular weight excluding hydrogens is 408 g/mol. The van der Waals surface area contributed by atoms with Gasteiger partial charge in [0.15, 0.2) is 11.6 Å². The fourth-order valence-electron chi connectivity index (χ4n) is 4.05. The molecule has 0 bridgehead atoms. The highest BCUT2D eigenvalue weighted by atomic mass is 35.5. The molecule has 31 heavy (non-hydrogen) atoms. The van der Waals surface area contributed by atoms with Crippen molar-refractivity contribution >= 4 is 51.1 Å². The zero-order valence-electron chi connectivity index (χ0n) is 17.0. The molecule has 156 valence electrons. The Morgan fingerprint density at radius 2 is 1.58 bits per heavy atom. The Hall–Kier alpha value is -3.51. The Morgan fingerprint density at radius 1 is 0.839 bits per heavy atom. The number of hydrogen-bond acceptors (Lipinski definition) is 6. The van der Waals surface area contributed by atoms with E-state index in [0.29, 0.717) is 11.5 Å². The number of rotatable bonds is 4. The van der Waals surface area contributed by atoms with Crippen LogP contribution in [0.4, 0.5) is 28.7 Å². The van der Waals surface area contributed by atoms with Crippen LogP contribution in [-0.2, 0) is 0 Å². The van der Waals surface area contributed by atoms with Crippen molar-refractivity contribution < 1.29 is 0 Å². The normalized spacial score (nSPS) is 14.1. The van der Waals surface area contributed by atoms with Gasteiger partial charge in [-0.25, -0.2) is 9.97 Å². The van der Waals surface area contributed by atoms with E-state index in [1.165, 1.54) is 0 Å². The summed E-state index contributed by atoms with van der Waals surface area (Å²) in [4.78, 5) is 13.4. The van der Waals surface area contributed by atoms with Gasteiger partial charge in [-0.1, -0.05) is 54.1 Å². The van der Waals surface area contributed by atoms with Gasteiger partial charge >= 0.3 is 0 Å². The number of fused-ring (bicyclic) bond motifs is 1. The fourth-order valence-corrected chi connectivity index (χ4v) is 4.23. The second-order valence-electron chi connectivity index (χ2n) is 7.57. The Kier molecular flexibility index (Phi) is 5.22. The number of aromatic nitrogens is 2. The molecule has 0 saturated carbocycles. The highest BCUT2D eigenvalue weighted by Gasteiger charge is 2.22. The van der Waals surface area contributed by atoms with E-state index >= 15 is 0 Å². The van der Waals surface area contributed by atoms with Crippen LogP contribution >= 0.6 is 11.6 Å². The molecule has 4 aromatic rings. The lowest BCUT2D eigenvalue weighted by atomic mass is 10.1.